The number of pyridine rings is 1. The summed E-state index contributed by atoms with van der Waals surface area (Å²) < 4.78 is 53.1. The molecule has 1 atom stereocenters. The van der Waals surface area contributed by atoms with Crippen LogP contribution < -0.4 is 4.74 Å². The Labute approximate surface area is 216 Å². The molecular weight excluding hydrogens is 495 g/mol. The van der Waals surface area contributed by atoms with E-state index in [9.17, 15) is 13.2 Å². The van der Waals surface area contributed by atoms with E-state index in [-0.39, 0.29) is 12.6 Å². The fourth-order valence-corrected chi connectivity index (χ4v) is 4.56. The quantitative estimate of drug-likeness (QED) is 0.203. The Balaban J connectivity index is 1.44. The second-order valence-corrected chi connectivity index (χ2v) is 16.0. The number of benzene rings is 1. The molecule has 2 heterocycles. The average Bonchev–Trinajstić information content (AvgIpc) is 3.31. The predicted octanol–water partition coefficient (Wildman–Crippen LogP) is 7.45. The second-order valence-electron chi connectivity index (χ2n) is 10.3. The molecule has 1 aromatic carbocycles. The monoisotopic (exact) mass is 527 g/mol. The largest absolute Gasteiger partial charge is 0.493 e. The first-order chi connectivity index (χ1) is 17.6. The van der Waals surface area contributed by atoms with Gasteiger partial charge < -0.3 is 14.0 Å². The van der Waals surface area contributed by atoms with E-state index in [1.165, 1.54) is 4.57 Å². The van der Waals surface area contributed by atoms with Crippen molar-refractivity contribution in [1.29, 1.82) is 0 Å². The standard InChI is InChI=1S/C28H32F3N3O2Si/c1-37(2,3)16-15-35-20-34-18-26(28(29,30)31)33-27(34)23-11-14-25(32-17-23)22-9-12-24(13-10-22)36-19-21-7-5-4-6-8-21/h4-7,9-14,17-18,21H,8,15-16,19-20H2,1-3H3. The molecule has 3 aromatic rings. The number of rotatable bonds is 10. The Morgan fingerprint density at radius 1 is 1.03 bits per heavy atom. The number of alkyl halides is 3. The minimum atomic E-state index is -4.54. The van der Waals surface area contributed by atoms with Crippen molar-refractivity contribution in [1.82, 2.24) is 14.5 Å². The zero-order chi connectivity index (χ0) is 26.5. The van der Waals surface area contributed by atoms with Crippen LogP contribution in [0.25, 0.3) is 22.6 Å². The number of halogens is 3. The lowest BCUT2D eigenvalue weighted by Gasteiger charge is -2.16. The minimum absolute atomic E-state index is 0.000950. The predicted molar refractivity (Wildman–Crippen MR) is 142 cm³/mol. The first-order valence-corrected chi connectivity index (χ1v) is 16.0. The lowest BCUT2D eigenvalue weighted by atomic mass is 10.0. The summed E-state index contributed by atoms with van der Waals surface area (Å²) in [5.74, 6) is 1.32. The van der Waals surface area contributed by atoms with E-state index in [0.717, 1.165) is 30.0 Å². The molecule has 0 aliphatic heterocycles. The molecule has 0 radical (unpaired) electrons. The van der Waals surface area contributed by atoms with Crippen LogP contribution in [-0.4, -0.2) is 35.8 Å². The zero-order valence-electron chi connectivity index (χ0n) is 21.3. The molecule has 0 saturated carbocycles. The van der Waals surface area contributed by atoms with Crippen LogP contribution in [0.2, 0.25) is 25.7 Å². The highest BCUT2D eigenvalue weighted by molar-refractivity contribution is 6.76. The summed E-state index contributed by atoms with van der Waals surface area (Å²) in [5.41, 5.74) is 1.13. The highest BCUT2D eigenvalue weighted by Gasteiger charge is 2.35. The molecule has 4 rings (SSSR count). The molecule has 1 unspecified atom stereocenters. The molecule has 1 aliphatic carbocycles. The maximum absolute atomic E-state index is 13.4. The van der Waals surface area contributed by atoms with E-state index in [2.05, 4.69) is 41.8 Å². The smallest absolute Gasteiger partial charge is 0.434 e. The van der Waals surface area contributed by atoms with E-state index < -0.39 is 19.9 Å². The zero-order valence-corrected chi connectivity index (χ0v) is 22.3. The van der Waals surface area contributed by atoms with Crippen LogP contribution in [0.1, 0.15) is 12.1 Å². The molecule has 0 spiro atoms. The van der Waals surface area contributed by atoms with Crippen LogP contribution in [0.15, 0.2) is 73.1 Å². The summed E-state index contributed by atoms with van der Waals surface area (Å²) >= 11 is 0. The minimum Gasteiger partial charge on any atom is -0.493 e. The molecule has 1 aliphatic rings. The average molecular weight is 528 g/mol. The van der Waals surface area contributed by atoms with Crippen molar-refractivity contribution in [3.8, 4) is 28.4 Å². The van der Waals surface area contributed by atoms with Gasteiger partial charge in [0.05, 0.1) is 12.3 Å². The van der Waals surface area contributed by atoms with E-state index in [4.69, 9.17) is 9.47 Å². The summed E-state index contributed by atoms with van der Waals surface area (Å²) in [7, 11) is -1.31. The van der Waals surface area contributed by atoms with Crippen molar-refractivity contribution >= 4 is 8.07 Å². The van der Waals surface area contributed by atoms with Crippen molar-refractivity contribution in [2.24, 2.45) is 5.92 Å². The second kappa shape index (κ2) is 11.5. The van der Waals surface area contributed by atoms with E-state index >= 15 is 0 Å². The SMILES string of the molecule is C[Si](C)(C)CCOCn1cc(C(F)(F)F)nc1-c1ccc(-c2ccc(OCC3C=CC=CC3)cc2)nc1. The van der Waals surface area contributed by atoms with E-state index in [1.54, 1.807) is 18.3 Å². The molecule has 0 saturated heterocycles. The maximum Gasteiger partial charge on any atom is 0.434 e. The molecule has 0 fully saturated rings. The van der Waals surface area contributed by atoms with Crippen molar-refractivity contribution in [3.63, 3.8) is 0 Å². The van der Waals surface area contributed by atoms with Gasteiger partial charge in [-0.25, -0.2) is 4.98 Å². The van der Waals surface area contributed by atoms with Gasteiger partial charge in [-0.1, -0.05) is 43.9 Å². The van der Waals surface area contributed by atoms with Gasteiger partial charge in [0.2, 0.25) is 0 Å². The first kappa shape index (κ1) is 26.9. The summed E-state index contributed by atoms with van der Waals surface area (Å²) in [4.78, 5) is 8.34. The Kier molecular flexibility index (Phi) is 8.34. The van der Waals surface area contributed by atoms with Gasteiger partial charge in [0.15, 0.2) is 5.69 Å². The molecule has 0 amide bonds. The Morgan fingerprint density at radius 3 is 2.41 bits per heavy atom. The van der Waals surface area contributed by atoms with Crippen molar-refractivity contribution in [3.05, 3.63) is 78.8 Å². The molecule has 0 N–H and O–H groups in total. The third kappa shape index (κ3) is 7.66. The molecule has 9 heteroatoms. The fourth-order valence-electron chi connectivity index (χ4n) is 3.80. The number of aromatic nitrogens is 3. The van der Waals surface area contributed by atoms with Crippen molar-refractivity contribution < 1.29 is 22.6 Å². The van der Waals surface area contributed by atoms with Crippen molar-refractivity contribution in [2.75, 3.05) is 13.2 Å². The van der Waals surface area contributed by atoms with Gasteiger partial charge in [-0.3, -0.25) is 4.98 Å². The van der Waals surface area contributed by atoms with Crippen LogP contribution in [0, 0.1) is 5.92 Å². The van der Waals surface area contributed by atoms with Crippen molar-refractivity contribution in [2.45, 2.75) is 45.0 Å². The Morgan fingerprint density at radius 2 is 1.78 bits per heavy atom. The third-order valence-corrected chi connectivity index (χ3v) is 7.70. The molecule has 0 bridgehead atoms. The van der Waals surface area contributed by atoms with E-state index in [0.29, 0.717) is 30.4 Å². The topological polar surface area (TPSA) is 49.2 Å². The van der Waals surface area contributed by atoms with Gasteiger partial charge in [-0.05, 0) is 48.9 Å². The number of hydrogen-bond donors (Lipinski definition) is 0. The van der Waals surface area contributed by atoms with Gasteiger partial charge in [-0.2, -0.15) is 13.2 Å². The molecule has 196 valence electrons. The normalized spacial score (nSPS) is 15.8. The van der Waals surface area contributed by atoms with Crippen LogP contribution >= 0.6 is 0 Å². The van der Waals surface area contributed by atoms with Crippen LogP contribution in [0.5, 0.6) is 5.75 Å². The van der Waals surface area contributed by atoms with E-state index in [1.807, 2.05) is 36.4 Å². The number of allylic oxidation sites excluding steroid dienone is 3. The number of nitrogens with zero attached hydrogens (tertiary/aromatic N) is 3. The lowest BCUT2D eigenvalue weighted by molar-refractivity contribution is -0.141. The highest BCUT2D eigenvalue weighted by Crippen LogP contribution is 2.31. The lowest BCUT2D eigenvalue weighted by Crippen LogP contribution is -2.22. The number of ether oxygens (including phenoxy) is 2. The van der Waals surface area contributed by atoms with Gasteiger partial charge >= 0.3 is 6.18 Å². The van der Waals surface area contributed by atoms with Crippen LogP contribution in [-0.2, 0) is 17.6 Å². The highest BCUT2D eigenvalue weighted by atomic mass is 28.3. The van der Waals surface area contributed by atoms with Gasteiger partial charge in [0.25, 0.3) is 0 Å². The summed E-state index contributed by atoms with van der Waals surface area (Å²) in [6.45, 7) is 7.78. The van der Waals surface area contributed by atoms with Crippen LogP contribution in [0.4, 0.5) is 13.2 Å². The Hall–Kier alpha value is -3.17. The molecule has 5 nitrogen and oxygen atoms in total. The van der Waals surface area contributed by atoms with Gasteiger partial charge in [-0.15, -0.1) is 0 Å². The van der Waals surface area contributed by atoms with Crippen LogP contribution in [0.3, 0.4) is 0 Å². The van der Waals surface area contributed by atoms with Gasteiger partial charge in [0, 0.05) is 44.1 Å². The Bertz CT molecular complexity index is 1230. The maximum atomic E-state index is 13.4. The summed E-state index contributed by atoms with van der Waals surface area (Å²) in [6, 6.07) is 12.1. The summed E-state index contributed by atoms with van der Waals surface area (Å²) in [6.07, 6.45) is 7.31. The third-order valence-electron chi connectivity index (χ3n) is 6.00. The fraction of sp³-hybridized carbons (Fsp3) is 0.357. The van der Waals surface area contributed by atoms with Gasteiger partial charge in [0.1, 0.15) is 18.3 Å². The molecule has 2 aromatic heterocycles. The summed E-state index contributed by atoms with van der Waals surface area (Å²) in [5, 5.41) is 0. The molecule has 37 heavy (non-hydrogen) atoms. The molecular formula is C28H32F3N3O2Si. The number of hydrogen-bond acceptors (Lipinski definition) is 4. The first-order valence-electron chi connectivity index (χ1n) is 12.3. The number of imidazole rings is 1.